The van der Waals surface area contributed by atoms with Gasteiger partial charge in [-0.05, 0) is 6.92 Å². The molecule has 30 heavy (non-hydrogen) atoms. The number of rotatable bonds is 5. The molecule has 0 spiro atoms. The second kappa shape index (κ2) is 7.35. The summed E-state index contributed by atoms with van der Waals surface area (Å²) in [6, 6.07) is 2.42. The van der Waals surface area contributed by atoms with Gasteiger partial charge in [-0.1, -0.05) is 0 Å². The fraction of sp³-hybridized carbons (Fsp3) is 0.333. The van der Waals surface area contributed by atoms with E-state index in [4.69, 9.17) is 9.47 Å². The first-order valence-corrected chi connectivity index (χ1v) is 9.91. The molecule has 2 atom stereocenters. The first-order valence-electron chi connectivity index (χ1n) is 8.59. The van der Waals surface area contributed by atoms with Gasteiger partial charge in [0, 0.05) is 23.9 Å². The van der Waals surface area contributed by atoms with Gasteiger partial charge >= 0.3 is 12.5 Å². The number of imidazole rings is 1. The van der Waals surface area contributed by atoms with Crippen LogP contribution in [0.5, 0.6) is 23.0 Å². The van der Waals surface area contributed by atoms with Crippen molar-refractivity contribution in [3.8, 4) is 23.0 Å². The van der Waals surface area contributed by atoms with E-state index in [2.05, 4.69) is 24.4 Å². The minimum Gasteiger partial charge on any atom is -0.492 e. The second-order valence-corrected chi connectivity index (χ2v) is 7.77. The lowest BCUT2D eigenvalue weighted by Crippen LogP contribution is -2.43. The first kappa shape index (κ1) is 20.3. The number of fused-ring (bicyclic) bond motifs is 2. The Bertz CT molecular complexity index is 1150. The molecule has 0 saturated carbocycles. The number of ether oxygens (including phenoxy) is 4. The third kappa shape index (κ3) is 3.40. The largest absolute Gasteiger partial charge is 0.492 e. The van der Waals surface area contributed by atoms with E-state index in [-0.39, 0.29) is 33.4 Å². The van der Waals surface area contributed by atoms with Crippen LogP contribution in [-0.4, -0.2) is 45.8 Å². The molecule has 0 amide bonds. The van der Waals surface area contributed by atoms with Crippen molar-refractivity contribution in [3.63, 3.8) is 0 Å². The van der Waals surface area contributed by atoms with Crippen LogP contribution in [0.1, 0.15) is 11.3 Å². The maximum atomic E-state index is 13.4. The van der Waals surface area contributed by atoms with Crippen molar-refractivity contribution in [2.75, 3.05) is 14.2 Å². The van der Waals surface area contributed by atoms with Gasteiger partial charge in [0.25, 0.3) is 0 Å². The highest BCUT2D eigenvalue weighted by Gasteiger charge is 2.49. The number of hydrogen-bond donors (Lipinski definition) is 1. The normalized spacial score (nSPS) is 18.3. The van der Waals surface area contributed by atoms with Gasteiger partial charge < -0.3 is 23.9 Å². The second-order valence-electron chi connectivity index (χ2n) is 6.40. The van der Waals surface area contributed by atoms with Crippen LogP contribution in [0.2, 0.25) is 0 Å². The molecule has 0 aliphatic carbocycles. The summed E-state index contributed by atoms with van der Waals surface area (Å²) in [6.45, 7) is 1.80. The number of benzene rings is 1. The van der Waals surface area contributed by atoms with Crippen molar-refractivity contribution in [3.05, 3.63) is 29.6 Å². The minimum atomic E-state index is -4.11. The topological polar surface area (TPSA) is 95.6 Å². The van der Waals surface area contributed by atoms with Crippen LogP contribution >= 0.6 is 0 Å². The van der Waals surface area contributed by atoms with E-state index >= 15 is 0 Å². The zero-order valence-electron chi connectivity index (χ0n) is 16.0. The molecule has 0 fully saturated rings. The monoisotopic (exact) mass is 443 g/mol. The maximum Gasteiger partial charge on any atom is 0.468 e. The average molecular weight is 443 g/mol. The third-order valence-corrected chi connectivity index (χ3v) is 5.56. The number of halogens is 3. The van der Waals surface area contributed by atoms with Crippen LogP contribution in [-0.2, 0) is 16.6 Å². The Morgan fingerprint density at radius 3 is 2.67 bits per heavy atom. The lowest BCUT2D eigenvalue weighted by molar-refractivity contribution is -0.281. The Morgan fingerprint density at radius 2 is 1.97 bits per heavy atom. The first-order chi connectivity index (χ1) is 14.2. The predicted molar refractivity (Wildman–Crippen MR) is 99.4 cm³/mol. The maximum absolute atomic E-state index is 13.4. The lowest BCUT2D eigenvalue weighted by Gasteiger charge is -2.28. The van der Waals surface area contributed by atoms with Crippen molar-refractivity contribution in [1.29, 1.82) is 0 Å². The van der Waals surface area contributed by atoms with Crippen LogP contribution in [0.15, 0.2) is 23.5 Å². The quantitative estimate of drug-likeness (QED) is 0.647. The Balaban J connectivity index is 1.65. The van der Waals surface area contributed by atoms with Crippen molar-refractivity contribution < 1.29 is 36.3 Å². The van der Waals surface area contributed by atoms with Gasteiger partial charge in [0.1, 0.15) is 0 Å². The predicted octanol–water partition coefficient (Wildman–Crippen LogP) is 3.25. The molecule has 0 saturated heterocycles. The average Bonchev–Trinajstić information content (AvgIpc) is 3.11. The molecule has 3 heterocycles. The van der Waals surface area contributed by atoms with Crippen LogP contribution in [0.25, 0.3) is 11.0 Å². The van der Waals surface area contributed by atoms with Gasteiger partial charge in [0.05, 0.1) is 47.5 Å². The molecular formula is C18H16F3N3O5S. The van der Waals surface area contributed by atoms with Crippen LogP contribution in [0, 0.1) is 6.92 Å². The molecule has 1 aliphatic rings. The Kier molecular flexibility index (Phi) is 4.96. The van der Waals surface area contributed by atoms with Crippen LogP contribution < -0.4 is 18.9 Å². The van der Waals surface area contributed by atoms with Crippen LogP contribution in [0.3, 0.4) is 0 Å². The summed E-state index contributed by atoms with van der Waals surface area (Å²) in [7, 11) is 1.25. The molecule has 12 heteroatoms. The summed E-state index contributed by atoms with van der Waals surface area (Å²) in [5, 5.41) is 0.0688. The molecule has 4 rings (SSSR count). The standard InChI is InChI=1S/C18H16F3N3O5S/c1-8-6-22-11(15(27-3)14(8)26-2)7-30(25)17-23-9-4-12-13(5-10(9)24-17)29-18(20,21)16(19)28-12/h4-6,16H,7H2,1-3H3,(H,23,24). The van der Waals surface area contributed by atoms with Crippen molar-refractivity contribution in [2.24, 2.45) is 0 Å². The number of alkyl halides is 3. The minimum absolute atomic E-state index is 0.0447. The summed E-state index contributed by atoms with van der Waals surface area (Å²) in [6.07, 6.45) is -5.48. The summed E-state index contributed by atoms with van der Waals surface area (Å²) < 4.78 is 72.6. The molecule has 2 aromatic heterocycles. The third-order valence-electron chi connectivity index (χ3n) is 4.40. The summed E-state index contributed by atoms with van der Waals surface area (Å²) >= 11 is 0. The fourth-order valence-electron chi connectivity index (χ4n) is 3.01. The number of aryl methyl sites for hydroxylation is 1. The van der Waals surface area contributed by atoms with Gasteiger partial charge in [-0.25, -0.2) is 4.98 Å². The van der Waals surface area contributed by atoms with Crippen molar-refractivity contribution in [1.82, 2.24) is 15.0 Å². The fourth-order valence-corrected chi connectivity index (χ4v) is 4.02. The zero-order valence-corrected chi connectivity index (χ0v) is 16.8. The number of aromatic nitrogens is 3. The molecule has 1 aliphatic heterocycles. The summed E-state index contributed by atoms with van der Waals surface area (Å²) in [5.74, 6) is 0.213. The molecule has 160 valence electrons. The van der Waals surface area contributed by atoms with E-state index in [1.165, 1.54) is 26.4 Å². The Morgan fingerprint density at radius 1 is 1.23 bits per heavy atom. The Labute approximate surface area is 170 Å². The highest BCUT2D eigenvalue weighted by atomic mass is 32.2. The molecule has 3 aromatic rings. The number of nitrogens with zero attached hydrogens (tertiary/aromatic N) is 2. The molecule has 1 aromatic carbocycles. The van der Waals surface area contributed by atoms with E-state index in [1.54, 1.807) is 13.1 Å². The molecule has 2 unspecified atom stereocenters. The highest BCUT2D eigenvalue weighted by molar-refractivity contribution is 7.84. The van der Waals surface area contributed by atoms with E-state index in [0.717, 1.165) is 5.56 Å². The van der Waals surface area contributed by atoms with Gasteiger partial charge in [-0.15, -0.1) is 0 Å². The van der Waals surface area contributed by atoms with Crippen LogP contribution in [0.4, 0.5) is 13.2 Å². The van der Waals surface area contributed by atoms with Gasteiger partial charge in [0.2, 0.25) is 0 Å². The zero-order chi connectivity index (χ0) is 21.6. The van der Waals surface area contributed by atoms with Crippen molar-refractivity contribution in [2.45, 2.75) is 30.3 Å². The molecule has 8 nitrogen and oxygen atoms in total. The number of hydrogen-bond acceptors (Lipinski definition) is 7. The number of H-pyrrole nitrogens is 1. The number of methoxy groups -OCH3 is 2. The summed E-state index contributed by atoms with van der Waals surface area (Å²) in [4.78, 5) is 11.2. The molecule has 0 bridgehead atoms. The summed E-state index contributed by atoms with van der Waals surface area (Å²) in [5.41, 5.74) is 1.67. The lowest BCUT2D eigenvalue weighted by atomic mass is 10.2. The van der Waals surface area contributed by atoms with E-state index in [0.29, 0.717) is 17.2 Å². The van der Waals surface area contributed by atoms with Gasteiger partial charge in [-0.3, -0.25) is 9.19 Å². The van der Waals surface area contributed by atoms with E-state index in [1.807, 2.05) is 0 Å². The molecular weight excluding hydrogens is 427 g/mol. The van der Waals surface area contributed by atoms with Gasteiger partial charge in [0.15, 0.2) is 28.2 Å². The highest BCUT2D eigenvalue weighted by Crippen LogP contribution is 2.42. The molecule has 1 N–H and O–H groups in total. The Hall–Kier alpha value is -3.02. The number of pyridine rings is 1. The van der Waals surface area contributed by atoms with E-state index in [9.17, 15) is 17.4 Å². The van der Waals surface area contributed by atoms with Crippen molar-refractivity contribution >= 4 is 21.8 Å². The smallest absolute Gasteiger partial charge is 0.468 e. The van der Waals surface area contributed by atoms with Gasteiger partial charge in [-0.2, -0.15) is 13.2 Å². The SMILES string of the molecule is COc1c(C)cnc(CS(=O)c2nc3cc4c(cc3[nH]2)OC(F)(F)C(F)O4)c1OC. The number of aromatic amines is 1. The molecule has 0 radical (unpaired) electrons. The number of nitrogens with one attached hydrogen (secondary N) is 1. The van der Waals surface area contributed by atoms with E-state index < -0.39 is 23.3 Å².